The fourth-order valence-electron chi connectivity index (χ4n) is 3.76. The van der Waals surface area contributed by atoms with E-state index >= 15 is 0 Å². The number of rotatable bonds is 4. The molecule has 1 aromatic carbocycles. The average Bonchev–Trinajstić information content (AvgIpc) is 2.99. The average molecular weight is 458 g/mol. The highest BCUT2D eigenvalue weighted by molar-refractivity contribution is 5.97. The lowest BCUT2D eigenvalue weighted by Crippen LogP contribution is -2.47. The third-order valence-corrected chi connectivity index (χ3v) is 5.77. The number of carbonyl (C=O) groups excluding carboxylic acids is 2. The number of halogens is 5. The Morgan fingerprint density at radius 2 is 1.88 bits per heavy atom. The van der Waals surface area contributed by atoms with E-state index in [2.05, 4.69) is 10.3 Å². The molecule has 0 aliphatic carbocycles. The Morgan fingerprint density at radius 1 is 1.22 bits per heavy atom. The van der Waals surface area contributed by atoms with Crippen molar-refractivity contribution in [3.63, 3.8) is 0 Å². The van der Waals surface area contributed by atoms with E-state index in [1.165, 1.54) is 25.3 Å². The van der Waals surface area contributed by atoms with Gasteiger partial charge in [-0.25, -0.2) is 4.39 Å². The summed E-state index contributed by atoms with van der Waals surface area (Å²) in [4.78, 5) is 28.3. The molecule has 2 aromatic rings. The van der Waals surface area contributed by atoms with Crippen LogP contribution in [0.25, 0.3) is 0 Å². The van der Waals surface area contributed by atoms with Crippen LogP contribution in [-0.4, -0.2) is 39.7 Å². The molecule has 1 amide bonds. The van der Waals surface area contributed by atoms with Crippen molar-refractivity contribution < 1.29 is 41.4 Å². The number of ether oxygens (including phenoxy) is 1. The summed E-state index contributed by atoms with van der Waals surface area (Å²) < 4.78 is 74.1. The highest BCUT2D eigenvalue weighted by atomic mass is 19.4. The molecule has 0 unspecified atom stereocenters. The zero-order chi connectivity index (χ0) is 24.0. The monoisotopic (exact) mass is 458 g/mol. The summed E-state index contributed by atoms with van der Waals surface area (Å²) in [5.74, 6) is -8.59. The topological polar surface area (TPSA) is 88.5 Å². The number of hydrogen-bond donors (Lipinski definition) is 2. The molecular weight excluding hydrogens is 439 g/mol. The summed E-state index contributed by atoms with van der Waals surface area (Å²) in [7, 11) is 0. The van der Waals surface area contributed by atoms with Crippen molar-refractivity contribution in [2.24, 2.45) is 5.92 Å². The van der Waals surface area contributed by atoms with E-state index in [9.17, 15) is 36.6 Å². The van der Waals surface area contributed by atoms with Gasteiger partial charge in [0.1, 0.15) is 11.8 Å². The molecule has 1 aliphatic rings. The van der Waals surface area contributed by atoms with Crippen LogP contribution in [0.15, 0.2) is 30.5 Å². The lowest BCUT2D eigenvalue weighted by Gasteiger charge is -2.31. The van der Waals surface area contributed by atoms with Crippen LogP contribution < -0.4 is 5.32 Å². The lowest BCUT2D eigenvalue weighted by atomic mass is 9.77. The first-order chi connectivity index (χ1) is 14.8. The molecule has 1 aliphatic heterocycles. The molecule has 0 spiro atoms. The third-order valence-electron chi connectivity index (χ3n) is 5.77. The van der Waals surface area contributed by atoms with Gasteiger partial charge in [-0.05, 0) is 25.1 Å². The highest BCUT2D eigenvalue weighted by Crippen LogP contribution is 2.54. The van der Waals surface area contributed by atoms with Gasteiger partial charge in [0, 0.05) is 36.2 Å². The predicted octanol–water partition coefficient (Wildman–Crippen LogP) is 4.35. The van der Waals surface area contributed by atoms with Crippen molar-refractivity contribution in [2.75, 3.05) is 5.32 Å². The van der Waals surface area contributed by atoms with Crippen LogP contribution in [0.3, 0.4) is 0 Å². The van der Waals surface area contributed by atoms with Crippen LogP contribution in [-0.2, 0) is 9.53 Å². The van der Waals surface area contributed by atoms with Crippen LogP contribution in [0.2, 0.25) is 0 Å². The number of Topliss-reactive ketones (excluding diaryl/α,β-unsaturated/α-hetero) is 1. The molecule has 0 bridgehead atoms. The molecule has 0 radical (unpaired) electrons. The number of nitrogens with one attached hydrogen (secondary N) is 1. The largest absolute Gasteiger partial charge is 0.505 e. The maximum atomic E-state index is 14.0. The number of phenolic OH excluding ortho intramolecular Hbond substituents is 1. The fourth-order valence-corrected chi connectivity index (χ4v) is 3.76. The molecule has 6 nitrogen and oxygen atoms in total. The molecular formula is C21H19F5N2O4. The second-order valence-corrected chi connectivity index (χ2v) is 7.73. The van der Waals surface area contributed by atoms with Crippen LogP contribution in [0, 0.1) is 17.6 Å². The Balaban J connectivity index is 2.05. The first kappa shape index (κ1) is 23.6. The number of carbonyl (C=O) groups is 2. The van der Waals surface area contributed by atoms with Crippen molar-refractivity contribution in [3.8, 4) is 5.75 Å². The van der Waals surface area contributed by atoms with Gasteiger partial charge < -0.3 is 15.2 Å². The second-order valence-electron chi connectivity index (χ2n) is 7.73. The molecule has 32 heavy (non-hydrogen) atoms. The van der Waals surface area contributed by atoms with Crippen LogP contribution in [0.5, 0.6) is 5.75 Å². The molecule has 2 N–H and O–H groups in total. The van der Waals surface area contributed by atoms with Gasteiger partial charge in [0.2, 0.25) is 5.82 Å². The van der Waals surface area contributed by atoms with Crippen molar-refractivity contribution in [1.82, 2.24) is 4.98 Å². The maximum Gasteiger partial charge on any atom is 0.417 e. The van der Waals surface area contributed by atoms with Crippen molar-refractivity contribution in [1.29, 1.82) is 0 Å². The number of aromatic nitrogens is 1. The lowest BCUT2D eigenvalue weighted by molar-refractivity contribution is -0.272. The van der Waals surface area contributed by atoms with E-state index < -0.39 is 64.4 Å². The molecule has 0 saturated carbocycles. The second kappa shape index (κ2) is 8.12. The molecule has 1 aromatic heterocycles. The number of phenols is 1. The third kappa shape index (κ3) is 3.92. The number of ketones is 1. The summed E-state index contributed by atoms with van der Waals surface area (Å²) in [6.45, 7) is 3.13. The van der Waals surface area contributed by atoms with Gasteiger partial charge in [0.25, 0.3) is 5.91 Å². The zero-order valence-electron chi connectivity index (χ0n) is 17.1. The van der Waals surface area contributed by atoms with Crippen molar-refractivity contribution in [3.05, 3.63) is 53.4 Å². The Bertz CT molecular complexity index is 1070. The quantitative estimate of drug-likeness (QED) is 0.526. The number of aromatic hydroxyl groups is 1. The maximum absolute atomic E-state index is 14.0. The number of nitrogens with zero attached hydrogens (tertiary/aromatic N) is 1. The molecule has 172 valence electrons. The minimum absolute atomic E-state index is 0.0124. The number of hydrogen-bond acceptors (Lipinski definition) is 5. The smallest absolute Gasteiger partial charge is 0.417 e. The molecule has 1 fully saturated rings. The van der Waals surface area contributed by atoms with Gasteiger partial charge in [0.05, 0.1) is 0 Å². The van der Waals surface area contributed by atoms with Gasteiger partial charge in [-0.2, -0.15) is 17.6 Å². The number of amides is 1. The van der Waals surface area contributed by atoms with E-state index in [-0.39, 0.29) is 11.4 Å². The number of anilines is 1. The SMILES string of the molecule is CC(=O)c1cc(NC(=O)[C@@H]2O[C@@](C)(C(F)(F)F)[C@H](C)[C@@H]2c2ccc(F)c(F)c2O)ccn1. The number of pyridine rings is 1. The van der Waals surface area contributed by atoms with Gasteiger partial charge in [-0.1, -0.05) is 13.0 Å². The Hall–Kier alpha value is -3.08. The molecule has 3 rings (SSSR count). The minimum Gasteiger partial charge on any atom is -0.505 e. The van der Waals surface area contributed by atoms with E-state index in [0.717, 1.165) is 19.9 Å². The number of benzene rings is 1. The summed E-state index contributed by atoms with van der Waals surface area (Å²) in [6.07, 6.45) is -5.50. The predicted molar refractivity (Wildman–Crippen MR) is 102 cm³/mol. The molecule has 4 atom stereocenters. The van der Waals surface area contributed by atoms with Crippen molar-refractivity contribution >= 4 is 17.4 Å². The minimum atomic E-state index is -4.91. The highest BCUT2D eigenvalue weighted by Gasteiger charge is 2.65. The normalized spacial score (nSPS) is 25.6. The molecule has 1 saturated heterocycles. The van der Waals surface area contributed by atoms with E-state index in [4.69, 9.17) is 4.74 Å². The summed E-state index contributed by atoms with van der Waals surface area (Å²) >= 11 is 0. The van der Waals surface area contributed by atoms with Gasteiger partial charge in [0.15, 0.2) is 23.0 Å². The Labute approximate surface area is 179 Å². The van der Waals surface area contributed by atoms with E-state index in [0.29, 0.717) is 6.07 Å². The summed E-state index contributed by atoms with van der Waals surface area (Å²) in [5, 5.41) is 12.4. The van der Waals surface area contributed by atoms with Crippen molar-refractivity contribution in [2.45, 2.75) is 44.6 Å². The molecule has 11 heteroatoms. The standard InChI is InChI=1S/C21H19F5N2O4/c1-9-15(12-4-5-13(22)16(23)17(12)30)18(32-20(9,3)21(24,25)26)19(31)28-11-6-7-27-14(8-11)10(2)29/h4-9,15,18,30H,1-3H3,(H,27,28,31)/t9-,15-,18-,20-/m1/s1. The van der Waals surface area contributed by atoms with Crippen LogP contribution in [0.1, 0.15) is 42.7 Å². The van der Waals surface area contributed by atoms with Gasteiger partial charge >= 0.3 is 6.18 Å². The fraction of sp³-hybridized carbons (Fsp3) is 0.381. The van der Waals surface area contributed by atoms with Crippen LogP contribution in [0.4, 0.5) is 27.6 Å². The van der Waals surface area contributed by atoms with Gasteiger partial charge in [-0.3, -0.25) is 14.6 Å². The van der Waals surface area contributed by atoms with E-state index in [1.54, 1.807) is 0 Å². The Morgan fingerprint density at radius 3 is 2.47 bits per heavy atom. The van der Waals surface area contributed by atoms with Crippen LogP contribution >= 0.6 is 0 Å². The first-order valence-corrected chi connectivity index (χ1v) is 9.47. The van der Waals surface area contributed by atoms with E-state index in [1.807, 2.05) is 0 Å². The summed E-state index contributed by atoms with van der Waals surface area (Å²) in [5.41, 5.74) is -3.14. The first-order valence-electron chi connectivity index (χ1n) is 9.47. The zero-order valence-corrected chi connectivity index (χ0v) is 17.1. The summed E-state index contributed by atoms with van der Waals surface area (Å²) in [6, 6.07) is 4.11. The Kier molecular flexibility index (Phi) is 5.98. The van der Waals surface area contributed by atoms with Gasteiger partial charge in [-0.15, -0.1) is 0 Å². The molecule has 2 heterocycles. The number of alkyl halides is 3.